The molecule has 1 N–H and O–H groups in total. The Morgan fingerprint density at radius 2 is 2.17 bits per heavy atom. The quantitative estimate of drug-likeness (QED) is 0.729. The lowest BCUT2D eigenvalue weighted by Gasteiger charge is -2.03. The van der Waals surface area contributed by atoms with Crippen LogP contribution in [-0.4, -0.2) is 4.98 Å². The largest absolute Gasteiger partial charge is 0.320 e. The molecule has 0 radical (unpaired) electrons. The van der Waals surface area contributed by atoms with Crippen LogP contribution in [0.5, 0.6) is 0 Å². The predicted molar refractivity (Wildman–Crippen MR) is 41.8 cm³/mol. The van der Waals surface area contributed by atoms with Crippen LogP contribution < -0.4 is 5.56 Å². The molecule has 0 bridgehead atoms. The molecule has 0 unspecified atom stereocenters. The number of nitrogens with one attached hydrogen (secondary N) is 1. The lowest BCUT2D eigenvalue weighted by Crippen LogP contribution is -2.11. The fourth-order valence-corrected chi connectivity index (χ4v) is 1.05. The van der Waals surface area contributed by atoms with E-state index in [1.807, 2.05) is 4.98 Å². The Balaban J connectivity index is 3.33. The Morgan fingerprint density at radius 1 is 1.58 bits per heavy atom. The van der Waals surface area contributed by atoms with Crippen LogP contribution in [0.15, 0.2) is 10.9 Å². The van der Waals surface area contributed by atoms with E-state index < -0.39 is 12.0 Å². The standard InChI is InChI=1S/C7H6ClF2NO/c1-3-2-4(8)7(12)11-5(3)6(9)10/h2,6H,1H3,(H,11,12). The van der Waals surface area contributed by atoms with E-state index in [1.54, 1.807) is 0 Å². The lowest BCUT2D eigenvalue weighted by molar-refractivity contribution is 0.145. The molecule has 0 aliphatic heterocycles. The van der Waals surface area contributed by atoms with Gasteiger partial charge in [-0.25, -0.2) is 8.78 Å². The fraction of sp³-hybridized carbons (Fsp3) is 0.286. The Bertz CT molecular complexity index is 348. The van der Waals surface area contributed by atoms with Crippen LogP contribution in [-0.2, 0) is 0 Å². The van der Waals surface area contributed by atoms with Gasteiger partial charge in [-0.05, 0) is 18.6 Å². The molecule has 0 saturated heterocycles. The van der Waals surface area contributed by atoms with Gasteiger partial charge in [0.2, 0.25) is 0 Å². The number of hydrogen-bond acceptors (Lipinski definition) is 1. The average molecular weight is 194 g/mol. The van der Waals surface area contributed by atoms with Gasteiger partial charge in [-0.2, -0.15) is 0 Å². The van der Waals surface area contributed by atoms with Gasteiger partial charge in [0.05, 0.1) is 5.69 Å². The molecule has 0 fully saturated rings. The molecule has 0 amide bonds. The minimum Gasteiger partial charge on any atom is -0.320 e. The summed E-state index contributed by atoms with van der Waals surface area (Å²) < 4.78 is 24.3. The normalized spacial score (nSPS) is 10.8. The van der Waals surface area contributed by atoms with E-state index in [1.165, 1.54) is 13.0 Å². The van der Waals surface area contributed by atoms with Crippen molar-refractivity contribution in [2.24, 2.45) is 0 Å². The van der Waals surface area contributed by atoms with Crippen molar-refractivity contribution >= 4 is 11.6 Å². The van der Waals surface area contributed by atoms with Crippen LogP contribution in [0.2, 0.25) is 5.02 Å². The Kier molecular flexibility index (Phi) is 2.47. The van der Waals surface area contributed by atoms with Crippen LogP contribution in [0.25, 0.3) is 0 Å². The van der Waals surface area contributed by atoms with Gasteiger partial charge in [-0.3, -0.25) is 4.79 Å². The van der Waals surface area contributed by atoms with Crippen molar-refractivity contribution in [1.82, 2.24) is 4.98 Å². The van der Waals surface area contributed by atoms with Gasteiger partial charge in [0.1, 0.15) is 5.02 Å². The number of hydrogen-bond donors (Lipinski definition) is 1. The first-order valence-electron chi connectivity index (χ1n) is 3.20. The Labute approximate surface area is 72.2 Å². The van der Waals surface area contributed by atoms with Gasteiger partial charge in [0.25, 0.3) is 12.0 Å². The lowest BCUT2D eigenvalue weighted by atomic mass is 10.2. The zero-order chi connectivity index (χ0) is 9.30. The minimum absolute atomic E-state index is 0.0723. The summed E-state index contributed by atoms with van der Waals surface area (Å²) in [5.41, 5.74) is -0.767. The minimum atomic E-state index is -2.67. The molecule has 0 saturated carbocycles. The summed E-state index contributed by atoms with van der Waals surface area (Å²) in [5.74, 6) is 0. The molecule has 0 spiro atoms. The maximum atomic E-state index is 12.1. The number of aryl methyl sites for hydroxylation is 1. The van der Waals surface area contributed by atoms with Crippen LogP contribution in [0.1, 0.15) is 17.7 Å². The van der Waals surface area contributed by atoms with Crippen molar-refractivity contribution in [1.29, 1.82) is 0 Å². The molecule has 0 aliphatic carbocycles. The van der Waals surface area contributed by atoms with Gasteiger partial charge in [0.15, 0.2) is 0 Å². The zero-order valence-corrected chi connectivity index (χ0v) is 6.95. The number of aromatic nitrogens is 1. The number of aromatic amines is 1. The molecule has 5 heteroatoms. The maximum Gasteiger partial charge on any atom is 0.278 e. The molecular weight excluding hydrogens is 188 g/mol. The monoisotopic (exact) mass is 193 g/mol. The van der Waals surface area contributed by atoms with E-state index in [9.17, 15) is 13.6 Å². The van der Waals surface area contributed by atoms with Crippen LogP contribution in [0.3, 0.4) is 0 Å². The van der Waals surface area contributed by atoms with Crippen LogP contribution >= 0.6 is 11.6 Å². The first kappa shape index (κ1) is 9.19. The highest BCUT2D eigenvalue weighted by molar-refractivity contribution is 6.30. The summed E-state index contributed by atoms with van der Waals surface area (Å²) in [4.78, 5) is 12.8. The second-order valence-corrected chi connectivity index (χ2v) is 2.75. The average Bonchev–Trinajstić information content (AvgIpc) is 1.96. The van der Waals surface area contributed by atoms with E-state index in [0.29, 0.717) is 0 Å². The van der Waals surface area contributed by atoms with E-state index in [-0.39, 0.29) is 16.3 Å². The second kappa shape index (κ2) is 3.23. The van der Waals surface area contributed by atoms with Crippen molar-refractivity contribution in [3.63, 3.8) is 0 Å². The topological polar surface area (TPSA) is 32.9 Å². The first-order chi connectivity index (χ1) is 5.52. The van der Waals surface area contributed by atoms with Gasteiger partial charge in [-0.15, -0.1) is 0 Å². The summed E-state index contributed by atoms with van der Waals surface area (Å²) in [6.45, 7) is 1.46. The Morgan fingerprint density at radius 3 is 2.67 bits per heavy atom. The molecule has 1 rings (SSSR count). The highest BCUT2D eigenvalue weighted by Gasteiger charge is 2.12. The summed E-state index contributed by atoms with van der Waals surface area (Å²) in [7, 11) is 0. The van der Waals surface area contributed by atoms with Crippen molar-refractivity contribution in [2.45, 2.75) is 13.3 Å². The summed E-state index contributed by atoms with van der Waals surface area (Å²) >= 11 is 5.40. The number of H-pyrrole nitrogens is 1. The summed E-state index contributed by atoms with van der Waals surface area (Å²) in [6, 6.07) is 1.22. The van der Waals surface area contributed by atoms with Crippen molar-refractivity contribution in [3.05, 3.63) is 32.7 Å². The zero-order valence-electron chi connectivity index (χ0n) is 6.20. The predicted octanol–water partition coefficient (Wildman–Crippen LogP) is 2.27. The van der Waals surface area contributed by atoms with E-state index in [4.69, 9.17) is 11.6 Å². The van der Waals surface area contributed by atoms with Crippen molar-refractivity contribution in [3.8, 4) is 0 Å². The molecule has 66 valence electrons. The first-order valence-corrected chi connectivity index (χ1v) is 3.57. The smallest absolute Gasteiger partial charge is 0.278 e. The van der Waals surface area contributed by atoms with Crippen LogP contribution in [0.4, 0.5) is 8.78 Å². The molecule has 0 aliphatic rings. The molecule has 0 aromatic carbocycles. The number of pyridine rings is 1. The number of halogens is 3. The molecule has 1 aromatic heterocycles. The highest BCUT2D eigenvalue weighted by atomic mass is 35.5. The molecule has 1 heterocycles. The third-order valence-electron chi connectivity index (χ3n) is 1.45. The van der Waals surface area contributed by atoms with Crippen molar-refractivity contribution in [2.75, 3.05) is 0 Å². The van der Waals surface area contributed by atoms with Crippen molar-refractivity contribution < 1.29 is 8.78 Å². The summed E-state index contributed by atoms with van der Waals surface area (Å²) in [6.07, 6.45) is -2.67. The number of alkyl halides is 2. The van der Waals surface area contributed by atoms with E-state index in [2.05, 4.69) is 0 Å². The highest BCUT2D eigenvalue weighted by Crippen LogP contribution is 2.19. The molecule has 2 nitrogen and oxygen atoms in total. The molecule has 0 atom stereocenters. The molecule has 1 aromatic rings. The maximum absolute atomic E-state index is 12.1. The van der Waals surface area contributed by atoms with Gasteiger partial charge >= 0.3 is 0 Å². The Hall–Kier alpha value is -0.900. The molecule has 12 heavy (non-hydrogen) atoms. The second-order valence-electron chi connectivity index (χ2n) is 2.34. The van der Waals surface area contributed by atoms with Crippen LogP contribution in [0, 0.1) is 6.92 Å². The fourth-order valence-electron chi connectivity index (χ4n) is 0.841. The van der Waals surface area contributed by atoms with E-state index in [0.717, 1.165) is 0 Å². The third kappa shape index (κ3) is 1.64. The summed E-state index contributed by atoms with van der Waals surface area (Å²) in [5, 5.41) is -0.0723. The molecular formula is C7H6ClF2NO. The SMILES string of the molecule is Cc1cc(Cl)c(=O)[nH]c1C(F)F. The third-order valence-corrected chi connectivity index (χ3v) is 1.73. The van der Waals surface area contributed by atoms with E-state index >= 15 is 0 Å². The van der Waals surface area contributed by atoms with Gasteiger partial charge in [-0.1, -0.05) is 11.6 Å². The van der Waals surface area contributed by atoms with Gasteiger partial charge in [0, 0.05) is 0 Å². The van der Waals surface area contributed by atoms with Gasteiger partial charge < -0.3 is 4.98 Å². The number of rotatable bonds is 1.